The van der Waals surface area contributed by atoms with E-state index >= 15 is 0 Å². The molecule has 52 valence electrons. The molecule has 0 aliphatic carbocycles. The van der Waals surface area contributed by atoms with Gasteiger partial charge in [-0.15, -0.1) is 0 Å². The Morgan fingerprint density at radius 2 is 2.40 bits per heavy atom. The lowest BCUT2D eigenvalue weighted by molar-refractivity contribution is 0.0688. The van der Waals surface area contributed by atoms with Crippen LogP contribution in [0.4, 0.5) is 0 Å². The van der Waals surface area contributed by atoms with Gasteiger partial charge in [0.25, 0.3) is 0 Å². The lowest BCUT2D eigenvalue weighted by Gasteiger charge is -1.86. The summed E-state index contributed by atoms with van der Waals surface area (Å²) in [6.45, 7) is 0. The topological polar surface area (TPSA) is 95.9 Å². The van der Waals surface area contributed by atoms with Crippen LogP contribution in [-0.4, -0.2) is 26.3 Å². The van der Waals surface area contributed by atoms with Crippen molar-refractivity contribution in [1.82, 2.24) is 15.2 Å². The number of aromatic amines is 1. The second kappa shape index (κ2) is 2.26. The van der Waals surface area contributed by atoms with Crippen molar-refractivity contribution < 1.29 is 9.90 Å². The summed E-state index contributed by atoms with van der Waals surface area (Å²) in [7, 11) is 0. The summed E-state index contributed by atoms with van der Waals surface area (Å²) in [5.41, 5.74) is -0.940. The molecule has 6 heteroatoms. The summed E-state index contributed by atoms with van der Waals surface area (Å²) < 4.78 is 0. The quantitative estimate of drug-likeness (QED) is 0.515. The van der Waals surface area contributed by atoms with Gasteiger partial charge >= 0.3 is 11.7 Å². The van der Waals surface area contributed by atoms with Gasteiger partial charge in [0.2, 0.25) is 0 Å². The van der Waals surface area contributed by atoms with Gasteiger partial charge < -0.3 is 5.11 Å². The SMILES string of the molecule is O=C(O)c1cnc(=O)[nH]n1. The first-order valence-electron chi connectivity index (χ1n) is 2.35. The van der Waals surface area contributed by atoms with Crippen LogP contribution in [0.25, 0.3) is 0 Å². The van der Waals surface area contributed by atoms with Gasteiger partial charge in [0.05, 0.1) is 6.20 Å². The van der Waals surface area contributed by atoms with E-state index in [1.165, 1.54) is 0 Å². The molecular formula is C4H3N3O3. The molecule has 1 rings (SSSR count). The molecule has 0 radical (unpaired) electrons. The van der Waals surface area contributed by atoms with Crippen molar-refractivity contribution in [2.45, 2.75) is 0 Å². The van der Waals surface area contributed by atoms with E-state index in [1.54, 1.807) is 0 Å². The normalized spacial score (nSPS) is 9.20. The largest absolute Gasteiger partial charge is 0.476 e. The average Bonchev–Trinajstić information content (AvgIpc) is 1.88. The Balaban J connectivity index is 3.12. The number of hydrogen-bond donors (Lipinski definition) is 2. The summed E-state index contributed by atoms with van der Waals surface area (Å²) in [5.74, 6) is -1.22. The molecule has 0 saturated heterocycles. The third-order valence-corrected chi connectivity index (χ3v) is 0.795. The Morgan fingerprint density at radius 3 is 2.80 bits per heavy atom. The molecule has 2 N–H and O–H groups in total. The van der Waals surface area contributed by atoms with Crippen molar-refractivity contribution in [1.29, 1.82) is 0 Å². The van der Waals surface area contributed by atoms with E-state index < -0.39 is 11.7 Å². The highest BCUT2D eigenvalue weighted by molar-refractivity contribution is 5.84. The van der Waals surface area contributed by atoms with Gasteiger partial charge in [0, 0.05) is 0 Å². The number of carboxylic acid groups (broad SMARTS) is 1. The van der Waals surface area contributed by atoms with Crippen LogP contribution in [0.3, 0.4) is 0 Å². The minimum atomic E-state index is -1.22. The summed E-state index contributed by atoms with van der Waals surface area (Å²) in [5, 5.41) is 13.3. The Labute approximate surface area is 54.5 Å². The number of carboxylic acids is 1. The molecule has 0 spiro atoms. The van der Waals surface area contributed by atoms with Gasteiger partial charge in [0.15, 0.2) is 5.69 Å². The maximum Gasteiger partial charge on any atom is 0.361 e. The molecule has 0 aliphatic rings. The van der Waals surface area contributed by atoms with Crippen LogP contribution >= 0.6 is 0 Å². The van der Waals surface area contributed by atoms with Gasteiger partial charge in [-0.2, -0.15) is 10.1 Å². The van der Waals surface area contributed by atoms with E-state index in [-0.39, 0.29) is 5.69 Å². The number of H-pyrrole nitrogens is 1. The molecule has 10 heavy (non-hydrogen) atoms. The number of hydrogen-bond acceptors (Lipinski definition) is 4. The third kappa shape index (κ3) is 1.16. The summed E-state index contributed by atoms with van der Waals surface area (Å²) >= 11 is 0. The number of carbonyl (C=O) groups is 1. The molecule has 0 fully saturated rings. The van der Waals surface area contributed by atoms with Crippen molar-refractivity contribution in [2.24, 2.45) is 0 Å². The molecule has 6 nitrogen and oxygen atoms in total. The zero-order chi connectivity index (χ0) is 7.56. The first-order chi connectivity index (χ1) is 4.70. The molecule has 0 amide bonds. The lowest BCUT2D eigenvalue weighted by Crippen LogP contribution is -2.15. The Morgan fingerprint density at radius 1 is 1.70 bits per heavy atom. The first kappa shape index (κ1) is 6.40. The van der Waals surface area contributed by atoms with Crippen LogP contribution in [0.2, 0.25) is 0 Å². The molecule has 0 unspecified atom stereocenters. The first-order valence-corrected chi connectivity index (χ1v) is 2.35. The van der Waals surface area contributed by atoms with Gasteiger partial charge in [0.1, 0.15) is 0 Å². The molecule has 1 aromatic heterocycles. The predicted octanol–water partition coefficient (Wildman–Crippen LogP) is -1.14. The number of aromatic carboxylic acids is 1. The number of nitrogens with zero attached hydrogens (tertiary/aromatic N) is 2. The number of nitrogens with one attached hydrogen (secondary N) is 1. The van der Waals surface area contributed by atoms with Crippen LogP contribution in [-0.2, 0) is 0 Å². The minimum absolute atomic E-state index is 0.278. The van der Waals surface area contributed by atoms with Crippen molar-refractivity contribution in [3.05, 3.63) is 22.4 Å². The predicted molar refractivity (Wildman–Crippen MR) is 29.6 cm³/mol. The van der Waals surface area contributed by atoms with E-state index in [4.69, 9.17) is 5.11 Å². The highest BCUT2D eigenvalue weighted by Gasteiger charge is 2.02. The number of aromatic nitrogens is 3. The van der Waals surface area contributed by atoms with Crippen LogP contribution in [0.1, 0.15) is 10.5 Å². The third-order valence-electron chi connectivity index (χ3n) is 0.795. The fraction of sp³-hybridized carbons (Fsp3) is 0. The highest BCUT2D eigenvalue weighted by atomic mass is 16.4. The Bertz CT molecular complexity index is 284. The second-order valence-corrected chi connectivity index (χ2v) is 1.48. The Hall–Kier alpha value is -1.72. The van der Waals surface area contributed by atoms with Crippen molar-refractivity contribution in [3.63, 3.8) is 0 Å². The van der Waals surface area contributed by atoms with E-state index in [0.29, 0.717) is 0 Å². The van der Waals surface area contributed by atoms with Gasteiger partial charge in [-0.05, 0) is 0 Å². The maximum atomic E-state index is 10.2. The maximum absolute atomic E-state index is 10.2. The number of rotatable bonds is 1. The fourth-order valence-corrected chi connectivity index (χ4v) is 0.389. The molecule has 0 bridgehead atoms. The van der Waals surface area contributed by atoms with Crippen molar-refractivity contribution in [3.8, 4) is 0 Å². The zero-order valence-electron chi connectivity index (χ0n) is 4.74. The van der Waals surface area contributed by atoms with E-state index in [2.05, 4.69) is 10.1 Å². The Kier molecular flexibility index (Phi) is 1.44. The molecule has 0 aliphatic heterocycles. The van der Waals surface area contributed by atoms with Crippen LogP contribution < -0.4 is 5.69 Å². The van der Waals surface area contributed by atoms with Crippen LogP contribution in [0, 0.1) is 0 Å². The standard InChI is InChI=1S/C4H3N3O3/c8-3(9)2-1-5-4(10)7-6-2/h1H,(H,8,9)(H,5,7,10). The highest BCUT2D eigenvalue weighted by Crippen LogP contribution is 1.82. The van der Waals surface area contributed by atoms with E-state index in [9.17, 15) is 9.59 Å². The van der Waals surface area contributed by atoms with E-state index in [1.807, 2.05) is 5.10 Å². The molecule has 0 aromatic carbocycles. The minimum Gasteiger partial charge on any atom is -0.476 e. The molecule has 1 heterocycles. The second-order valence-electron chi connectivity index (χ2n) is 1.48. The molecular weight excluding hydrogens is 138 g/mol. The van der Waals surface area contributed by atoms with Gasteiger partial charge in [-0.25, -0.2) is 14.7 Å². The van der Waals surface area contributed by atoms with E-state index in [0.717, 1.165) is 6.20 Å². The summed E-state index contributed by atoms with van der Waals surface area (Å²) in [4.78, 5) is 23.5. The van der Waals surface area contributed by atoms with Gasteiger partial charge in [-0.3, -0.25) is 0 Å². The molecule has 0 saturated carbocycles. The molecule has 1 aromatic rings. The smallest absolute Gasteiger partial charge is 0.361 e. The fourth-order valence-electron chi connectivity index (χ4n) is 0.389. The van der Waals surface area contributed by atoms with Gasteiger partial charge in [-0.1, -0.05) is 0 Å². The van der Waals surface area contributed by atoms with Crippen LogP contribution in [0.5, 0.6) is 0 Å². The lowest BCUT2D eigenvalue weighted by atomic mass is 10.5. The average molecular weight is 141 g/mol. The van der Waals surface area contributed by atoms with Crippen molar-refractivity contribution >= 4 is 5.97 Å². The van der Waals surface area contributed by atoms with Crippen LogP contribution in [0.15, 0.2) is 11.0 Å². The summed E-state index contributed by atoms with van der Waals surface area (Å²) in [6.07, 6.45) is 0.890. The monoisotopic (exact) mass is 141 g/mol. The van der Waals surface area contributed by atoms with Crippen molar-refractivity contribution in [2.75, 3.05) is 0 Å². The molecule has 0 atom stereocenters. The zero-order valence-corrected chi connectivity index (χ0v) is 4.74. The summed E-state index contributed by atoms with van der Waals surface area (Å²) in [6, 6.07) is 0.